The molecule has 0 bridgehead atoms. The Hall–Kier alpha value is -3.72. The first-order valence-corrected chi connectivity index (χ1v) is 9.86. The molecule has 0 fully saturated rings. The van der Waals surface area contributed by atoms with Gasteiger partial charge in [-0.05, 0) is 18.2 Å². The van der Waals surface area contributed by atoms with Crippen molar-refractivity contribution in [3.8, 4) is 22.1 Å². The first kappa shape index (κ1) is 19.6. The Bertz CT molecular complexity index is 1270. The standard InChI is InChI=1S/C21H18N4O4S/c1-28-16-9-8-14(10-17(16)29-2)19(27)22-12-15-11-18(26)25-21(23-15)30-20(24-25)13-6-4-3-5-7-13/h3-11H,12H2,1-2H3,(H,22,27). The molecule has 2 heterocycles. The highest BCUT2D eigenvalue weighted by molar-refractivity contribution is 7.19. The molecular formula is C21H18N4O4S. The number of methoxy groups -OCH3 is 2. The van der Waals surface area contributed by atoms with Crippen molar-refractivity contribution in [2.75, 3.05) is 14.2 Å². The summed E-state index contributed by atoms with van der Waals surface area (Å²) in [6.07, 6.45) is 0. The Kier molecular flexibility index (Phi) is 5.44. The number of carbonyl (C=O) groups is 1. The molecule has 8 nitrogen and oxygen atoms in total. The van der Waals surface area contributed by atoms with Gasteiger partial charge in [-0.25, -0.2) is 4.98 Å². The van der Waals surface area contributed by atoms with Crippen LogP contribution in [-0.2, 0) is 6.54 Å². The average molecular weight is 422 g/mol. The molecule has 1 amide bonds. The van der Waals surface area contributed by atoms with Gasteiger partial charge in [-0.3, -0.25) is 9.59 Å². The minimum absolute atomic E-state index is 0.109. The lowest BCUT2D eigenvalue weighted by Gasteiger charge is -2.10. The highest BCUT2D eigenvalue weighted by Crippen LogP contribution is 2.27. The van der Waals surface area contributed by atoms with Gasteiger partial charge in [-0.15, -0.1) is 0 Å². The van der Waals surface area contributed by atoms with Crippen LogP contribution in [0.3, 0.4) is 0 Å². The van der Waals surface area contributed by atoms with Gasteiger partial charge >= 0.3 is 0 Å². The van der Waals surface area contributed by atoms with Crippen LogP contribution >= 0.6 is 11.3 Å². The van der Waals surface area contributed by atoms with Gasteiger partial charge in [0, 0.05) is 17.2 Å². The largest absolute Gasteiger partial charge is 0.493 e. The van der Waals surface area contributed by atoms with Crippen LogP contribution < -0.4 is 20.3 Å². The van der Waals surface area contributed by atoms with Crippen LogP contribution in [0.25, 0.3) is 15.5 Å². The third-order valence-corrected chi connectivity index (χ3v) is 5.35. The molecular weight excluding hydrogens is 404 g/mol. The van der Waals surface area contributed by atoms with E-state index in [0.29, 0.717) is 32.7 Å². The summed E-state index contributed by atoms with van der Waals surface area (Å²) in [4.78, 5) is 29.9. The quantitative estimate of drug-likeness (QED) is 0.513. The Morgan fingerprint density at radius 1 is 1.07 bits per heavy atom. The van der Waals surface area contributed by atoms with Crippen molar-refractivity contribution in [1.82, 2.24) is 19.9 Å². The lowest BCUT2D eigenvalue weighted by molar-refractivity contribution is 0.0950. The Labute approximate surface area is 175 Å². The number of fused-ring (bicyclic) bond motifs is 1. The molecule has 2 aromatic carbocycles. The van der Waals surface area contributed by atoms with E-state index in [0.717, 1.165) is 5.56 Å². The van der Waals surface area contributed by atoms with E-state index >= 15 is 0 Å². The first-order valence-electron chi connectivity index (χ1n) is 9.04. The lowest BCUT2D eigenvalue weighted by Crippen LogP contribution is -2.25. The number of hydrogen-bond acceptors (Lipinski definition) is 7. The summed E-state index contributed by atoms with van der Waals surface area (Å²) in [5.41, 5.74) is 1.48. The molecule has 0 spiro atoms. The summed E-state index contributed by atoms with van der Waals surface area (Å²) in [6.45, 7) is 0.109. The van der Waals surface area contributed by atoms with Crippen LogP contribution in [-0.4, -0.2) is 34.7 Å². The second-order valence-electron chi connectivity index (χ2n) is 6.31. The van der Waals surface area contributed by atoms with Gasteiger partial charge < -0.3 is 14.8 Å². The molecule has 0 atom stereocenters. The Morgan fingerprint density at radius 3 is 2.57 bits per heavy atom. The van der Waals surface area contributed by atoms with Crippen LogP contribution in [0.4, 0.5) is 0 Å². The van der Waals surface area contributed by atoms with E-state index in [4.69, 9.17) is 9.47 Å². The van der Waals surface area contributed by atoms with E-state index in [2.05, 4.69) is 15.4 Å². The van der Waals surface area contributed by atoms with Gasteiger partial charge in [0.1, 0.15) is 5.01 Å². The number of hydrogen-bond donors (Lipinski definition) is 1. The number of carbonyl (C=O) groups excluding carboxylic acids is 1. The average Bonchev–Trinajstić information content (AvgIpc) is 3.22. The van der Waals surface area contributed by atoms with Gasteiger partial charge in [0.25, 0.3) is 11.5 Å². The van der Waals surface area contributed by atoms with E-state index in [9.17, 15) is 9.59 Å². The monoisotopic (exact) mass is 422 g/mol. The van der Waals surface area contributed by atoms with Crippen molar-refractivity contribution in [2.24, 2.45) is 0 Å². The highest BCUT2D eigenvalue weighted by Gasteiger charge is 2.13. The fourth-order valence-corrected chi connectivity index (χ4v) is 3.82. The molecule has 0 aliphatic heterocycles. The maximum atomic E-state index is 12.5. The molecule has 1 N–H and O–H groups in total. The zero-order valence-electron chi connectivity index (χ0n) is 16.3. The number of nitrogens with zero attached hydrogens (tertiary/aromatic N) is 3. The summed E-state index contributed by atoms with van der Waals surface area (Å²) in [6, 6.07) is 15.8. The van der Waals surface area contributed by atoms with E-state index in [1.54, 1.807) is 18.2 Å². The SMILES string of the molecule is COc1ccc(C(=O)NCc2cc(=O)n3nc(-c4ccccc4)sc3n2)cc1OC. The molecule has 30 heavy (non-hydrogen) atoms. The second kappa shape index (κ2) is 8.34. The molecule has 4 rings (SSSR count). The molecule has 0 aliphatic rings. The van der Waals surface area contributed by atoms with Crippen LogP contribution in [0, 0.1) is 0 Å². The van der Waals surface area contributed by atoms with E-state index in [1.807, 2.05) is 30.3 Å². The van der Waals surface area contributed by atoms with Gasteiger partial charge in [0.05, 0.1) is 26.5 Å². The van der Waals surface area contributed by atoms with Crippen molar-refractivity contribution < 1.29 is 14.3 Å². The number of benzene rings is 2. The zero-order chi connectivity index (χ0) is 21.1. The van der Waals surface area contributed by atoms with Crippen molar-refractivity contribution in [3.05, 3.63) is 76.2 Å². The van der Waals surface area contributed by atoms with Crippen molar-refractivity contribution in [1.29, 1.82) is 0 Å². The number of nitrogens with one attached hydrogen (secondary N) is 1. The summed E-state index contributed by atoms with van der Waals surface area (Å²) in [5.74, 6) is 0.682. The van der Waals surface area contributed by atoms with Crippen molar-refractivity contribution in [2.45, 2.75) is 6.54 Å². The molecule has 4 aromatic rings. The summed E-state index contributed by atoms with van der Waals surface area (Å²) in [7, 11) is 3.03. The minimum atomic E-state index is -0.313. The van der Waals surface area contributed by atoms with Gasteiger partial charge in [-0.2, -0.15) is 9.61 Å². The third kappa shape index (κ3) is 3.87. The molecule has 0 aliphatic carbocycles. The Balaban J connectivity index is 1.54. The third-order valence-electron chi connectivity index (χ3n) is 4.39. The molecule has 9 heteroatoms. The van der Waals surface area contributed by atoms with E-state index < -0.39 is 0 Å². The van der Waals surface area contributed by atoms with Crippen molar-refractivity contribution in [3.63, 3.8) is 0 Å². The number of ether oxygens (including phenoxy) is 2. The van der Waals surface area contributed by atoms with Crippen LogP contribution in [0.1, 0.15) is 16.1 Å². The Morgan fingerprint density at radius 2 is 1.83 bits per heavy atom. The predicted octanol–water partition coefficient (Wildman–Crippen LogP) is 2.77. The minimum Gasteiger partial charge on any atom is -0.493 e. The fourth-order valence-electron chi connectivity index (χ4n) is 2.89. The summed E-state index contributed by atoms with van der Waals surface area (Å²) in [5, 5.41) is 7.82. The van der Waals surface area contributed by atoms with Gasteiger partial charge in [0.15, 0.2) is 11.5 Å². The molecule has 0 saturated heterocycles. The number of rotatable bonds is 6. The summed E-state index contributed by atoms with van der Waals surface area (Å²) < 4.78 is 11.7. The molecule has 0 radical (unpaired) electrons. The van der Waals surface area contributed by atoms with Gasteiger partial charge in [0.2, 0.25) is 4.96 Å². The molecule has 2 aromatic heterocycles. The van der Waals surface area contributed by atoms with Crippen LogP contribution in [0.15, 0.2) is 59.4 Å². The van der Waals surface area contributed by atoms with Crippen LogP contribution in [0.2, 0.25) is 0 Å². The fraction of sp³-hybridized carbons (Fsp3) is 0.143. The van der Waals surface area contributed by atoms with Crippen LogP contribution in [0.5, 0.6) is 11.5 Å². The zero-order valence-corrected chi connectivity index (χ0v) is 17.1. The predicted molar refractivity (Wildman–Crippen MR) is 113 cm³/mol. The van der Waals surface area contributed by atoms with E-state index in [1.165, 1.54) is 36.1 Å². The highest BCUT2D eigenvalue weighted by atomic mass is 32.1. The topological polar surface area (TPSA) is 94.8 Å². The van der Waals surface area contributed by atoms with E-state index in [-0.39, 0.29) is 18.0 Å². The number of amides is 1. The summed E-state index contributed by atoms with van der Waals surface area (Å²) >= 11 is 1.32. The first-order chi connectivity index (χ1) is 14.6. The molecule has 0 saturated carbocycles. The second-order valence-corrected chi connectivity index (χ2v) is 7.26. The normalized spacial score (nSPS) is 10.7. The smallest absolute Gasteiger partial charge is 0.275 e. The maximum Gasteiger partial charge on any atom is 0.275 e. The lowest BCUT2D eigenvalue weighted by atomic mass is 10.2. The number of aromatic nitrogens is 3. The molecule has 0 unspecified atom stereocenters. The maximum absolute atomic E-state index is 12.5. The van der Waals surface area contributed by atoms with Crippen molar-refractivity contribution >= 4 is 22.2 Å². The molecule has 152 valence electrons. The van der Waals surface area contributed by atoms with Gasteiger partial charge in [-0.1, -0.05) is 41.7 Å².